The molecule has 100 valence electrons. The largest absolute Gasteiger partial charge is 0.435 e. The quantitative estimate of drug-likeness (QED) is 0.844. The lowest BCUT2D eigenvalue weighted by Gasteiger charge is -2.09. The molecule has 0 spiro atoms. The highest BCUT2D eigenvalue weighted by atomic mass is 35.5. The molecule has 0 bridgehead atoms. The summed E-state index contributed by atoms with van der Waals surface area (Å²) in [6.07, 6.45) is 1.58. The van der Waals surface area contributed by atoms with Gasteiger partial charge in [-0.15, -0.1) is 0 Å². The van der Waals surface area contributed by atoms with Crippen molar-refractivity contribution in [1.29, 1.82) is 0 Å². The maximum atomic E-state index is 12.1. The molecule has 19 heavy (non-hydrogen) atoms. The number of hydrogen-bond acceptors (Lipinski definition) is 3. The number of pyridine rings is 1. The molecule has 2 rings (SSSR count). The third-order valence-corrected chi connectivity index (χ3v) is 2.55. The van der Waals surface area contributed by atoms with Crippen LogP contribution in [-0.2, 0) is 6.54 Å². The van der Waals surface area contributed by atoms with Crippen LogP contribution in [0, 0.1) is 0 Å². The molecule has 2 aromatic rings. The highest BCUT2D eigenvalue weighted by Crippen LogP contribution is 2.18. The zero-order chi connectivity index (χ0) is 13.7. The van der Waals surface area contributed by atoms with Gasteiger partial charge in [0.15, 0.2) is 0 Å². The van der Waals surface area contributed by atoms with E-state index < -0.39 is 6.61 Å². The Morgan fingerprint density at radius 3 is 2.84 bits per heavy atom. The Bertz CT molecular complexity index is 552. The van der Waals surface area contributed by atoms with Crippen molar-refractivity contribution < 1.29 is 13.5 Å². The van der Waals surface area contributed by atoms with Crippen molar-refractivity contribution in [3.05, 3.63) is 53.3 Å². The van der Waals surface area contributed by atoms with Gasteiger partial charge < -0.3 is 10.1 Å². The summed E-state index contributed by atoms with van der Waals surface area (Å²) in [6, 6.07) is 9.97. The van der Waals surface area contributed by atoms with Gasteiger partial charge in [-0.2, -0.15) is 8.78 Å². The molecule has 1 heterocycles. The van der Waals surface area contributed by atoms with Gasteiger partial charge in [-0.3, -0.25) is 0 Å². The summed E-state index contributed by atoms with van der Waals surface area (Å²) < 4.78 is 28.5. The lowest BCUT2D eigenvalue weighted by atomic mass is 10.2. The summed E-state index contributed by atoms with van der Waals surface area (Å²) in [5, 5.41) is 3.50. The SMILES string of the molecule is FC(F)Oc1cccc(CNc2ccnc(Cl)c2)c1. The molecule has 0 aliphatic rings. The smallest absolute Gasteiger partial charge is 0.387 e. The molecule has 1 aromatic carbocycles. The molecule has 3 nitrogen and oxygen atoms in total. The van der Waals surface area contributed by atoms with E-state index in [1.807, 2.05) is 6.07 Å². The van der Waals surface area contributed by atoms with Gasteiger partial charge in [-0.1, -0.05) is 23.7 Å². The zero-order valence-electron chi connectivity index (χ0n) is 9.82. The van der Waals surface area contributed by atoms with Gasteiger partial charge in [-0.05, 0) is 29.8 Å². The molecule has 6 heteroatoms. The van der Waals surface area contributed by atoms with Crippen molar-refractivity contribution in [3.63, 3.8) is 0 Å². The Morgan fingerprint density at radius 1 is 1.26 bits per heavy atom. The van der Waals surface area contributed by atoms with Crippen LogP contribution in [0.4, 0.5) is 14.5 Å². The molecule has 0 unspecified atom stereocenters. The van der Waals surface area contributed by atoms with Crippen LogP contribution in [0.3, 0.4) is 0 Å². The standard InChI is InChI=1S/C13H11ClF2N2O/c14-12-7-10(4-5-17-12)18-8-9-2-1-3-11(6-9)19-13(15)16/h1-7,13H,8H2,(H,17,18). The molecule has 0 amide bonds. The van der Waals surface area contributed by atoms with Gasteiger partial charge in [0.05, 0.1) is 0 Å². The topological polar surface area (TPSA) is 34.1 Å². The van der Waals surface area contributed by atoms with Gasteiger partial charge >= 0.3 is 6.61 Å². The van der Waals surface area contributed by atoms with Gasteiger partial charge in [0.1, 0.15) is 10.9 Å². The van der Waals surface area contributed by atoms with Crippen molar-refractivity contribution >= 4 is 17.3 Å². The van der Waals surface area contributed by atoms with E-state index in [0.717, 1.165) is 11.3 Å². The van der Waals surface area contributed by atoms with E-state index in [4.69, 9.17) is 11.6 Å². The summed E-state index contributed by atoms with van der Waals surface area (Å²) in [6.45, 7) is -2.34. The minimum Gasteiger partial charge on any atom is -0.435 e. The van der Waals surface area contributed by atoms with Crippen LogP contribution in [0.5, 0.6) is 5.75 Å². The summed E-state index contributed by atoms with van der Waals surface area (Å²) >= 11 is 5.75. The number of nitrogens with zero attached hydrogens (tertiary/aromatic N) is 1. The fourth-order valence-electron chi connectivity index (χ4n) is 1.55. The monoisotopic (exact) mass is 284 g/mol. The van der Waals surface area contributed by atoms with E-state index in [-0.39, 0.29) is 5.75 Å². The number of aromatic nitrogens is 1. The second-order valence-corrected chi connectivity index (χ2v) is 4.13. The molecule has 0 aliphatic heterocycles. The van der Waals surface area contributed by atoms with Crippen molar-refractivity contribution in [2.45, 2.75) is 13.2 Å². The van der Waals surface area contributed by atoms with Crippen molar-refractivity contribution in [3.8, 4) is 5.75 Å². The Kier molecular flexibility index (Phi) is 4.52. The first kappa shape index (κ1) is 13.5. The highest BCUT2D eigenvalue weighted by Gasteiger charge is 2.04. The first-order valence-electron chi connectivity index (χ1n) is 5.52. The molecule has 0 saturated carbocycles. The minimum atomic E-state index is -2.82. The molecular formula is C13H11ClF2N2O. The fourth-order valence-corrected chi connectivity index (χ4v) is 1.72. The number of ether oxygens (including phenoxy) is 1. The second kappa shape index (κ2) is 6.33. The normalized spacial score (nSPS) is 10.5. The molecule has 0 aliphatic carbocycles. The average Bonchev–Trinajstić information content (AvgIpc) is 2.36. The third kappa shape index (κ3) is 4.37. The van der Waals surface area contributed by atoms with Gasteiger partial charge in [0.25, 0.3) is 0 Å². The molecule has 0 fully saturated rings. The van der Waals surface area contributed by atoms with Gasteiger partial charge in [0.2, 0.25) is 0 Å². The number of benzene rings is 1. The number of alkyl halides is 2. The van der Waals surface area contributed by atoms with Crippen LogP contribution in [0.15, 0.2) is 42.6 Å². The summed E-state index contributed by atoms with van der Waals surface area (Å²) in [4.78, 5) is 3.86. The number of nitrogens with one attached hydrogen (secondary N) is 1. The Balaban J connectivity index is 1.99. The third-order valence-electron chi connectivity index (χ3n) is 2.35. The van der Waals surface area contributed by atoms with Crippen molar-refractivity contribution in [2.75, 3.05) is 5.32 Å². The van der Waals surface area contributed by atoms with Crippen LogP contribution in [0.2, 0.25) is 5.15 Å². The number of anilines is 1. The van der Waals surface area contributed by atoms with Crippen LogP contribution >= 0.6 is 11.6 Å². The van der Waals surface area contributed by atoms with E-state index in [2.05, 4.69) is 15.0 Å². The molecule has 0 saturated heterocycles. The fraction of sp³-hybridized carbons (Fsp3) is 0.154. The van der Waals surface area contributed by atoms with Crippen molar-refractivity contribution in [1.82, 2.24) is 4.98 Å². The highest BCUT2D eigenvalue weighted by molar-refractivity contribution is 6.29. The predicted molar refractivity (Wildman–Crippen MR) is 69.6 cm³/mol. The van der Waals surface area contributed by atoms with Crippen LogP contribution in [0.1, 0.15) is 5.56 Å². The number of halogens is 3. The maximum Gasteiger partial charge on any atom is 0.387 e. The molecule has 1 aromatic heterocycles. The Hall–Kier alpha value is -1.88. The second-order valence-electron chi connectivity index (χ2n) is 3.75. The Morgan fingerprint density at radius 2 is 2.11 bits per heavy atom. The first-order chi connectivity index (χ1) is 9.13. The lowest BCUT2D eigenvalue weighted by molar-refractivity contribution is -0.0498. The van der Waals surface area contributed by atoms with E-state index in [1.165, 1.54) is 6.07 Å². The van der Waals surface area contributed by atoms with Crippen LogP contribution in [-0.4, -0.2) is 11.6 Å². The first-order valence-corrected chi connectivity index (χ1v) is 5.90. The summed E-state index contributed by atoms with van der Waals surface area (Å²) in [7, 11) is 0. The molecular weight excluding hydrogens is 274 g/mol. The van der Waals surface area contributed by atoms with E-state index in [0.29, 0.717) is 11.7 Å². The van der Waals surface area contributed by atoms with E-state index in [9.17, 15) is 8.78 Å². The van der Waals surface area contributed by atoms with Crippen molar-refractivity contribution in [2.24, 2.45) is 0 Å². The van der Waals surface area contributed by atoms with Crippen LogP contribution in [0.25, 0.3) is 0 Å². The molecule has 0 atom stereocenters. The summed E-state index contributed by atoms with van der Waals surface area (Å²) in [5.74, 6) is 0.141. The van der Waals surface area contributed by atoms with E-state index in [1.54, 1.807) is 30.5 Å². The molecule has 0 radical (unpaired) electrons. The number of hydrogen-bond donors (Lipinski definition) is 1. The van der Waals surface area contributed by atoms with E-state index >= 15 is 0 Å². The van der Waals surface area contributed by atoms with Gasteiger partial charge in [0, 0.05) is 18.4 Å². The number of rotatable bonds is 5. The predicted octanol–water partition coefficient (Wildman–Crippen LogP) is 3.95. The van der Waals surface area contributed by atoms with Gasteiger partial charge in [-0.25, -0.2) is 4.98 Å². The maximum absolute atomic E-state index is 12.1. The van der Waals surface area contributed by atoms with Crippen LogP contribution < -0.4 is 10.1 Å². The average molecular weight is 285 g/mol. The Labute approximate surface area is 114 Å². The lowest BCUT2D eigenvalue weighted by Crippen LogP contribution is -2.03. The summed E-state index contributed by atoms with van der Waals surface area (Å²) in [5.41, 5.74) is 1.63. The minimum absolute atomic E-state index is 0.141. The zero-order valence-corrected chi connectivity index (χ0v) is 10.6. The molecule has 1 N–H and O–H groups in total.